The molecule has 0 saturated carbocycles. The SMILES string of the molecule is Clc1ccc(Cl)c(COCCC2CCCCN2)c1. The number of benzene rings is 1. The van der Waals surface area contributed by atoms with Crippen molar-refractivity contribution in [1.82, 2.24) is 5.32 Å². The van der Waals surface area contributed by atoms with Crippen LogP contribution in [-0.4, -0.2) is 19.2 Å². The zero-order valence-electron chi connectivity index (χ0n) is 10.4. The molecule has 4 heteroatoms. The van der Waals surface area contributed by atoms with Crippen LogP contribution in [-0.2, 0) is 11.3 Å². The van der Waals surface area contributed by atoms with E-state index in [1.807, 2.05) is 12.1 Å². The maximum Gasteiger partial charge on any atom is 0.0731 e. The second-order valence-electron chi connectivity index (χ2n) is 4.72. The van der Waals surface area contributed by atoms with Crippen molar-refractivity contribution in [2.75, 3.05) is 13.2 Å². The van der Waals surface area contributed by atoms with E-state index in [9.17, 15) is 0 Å². The van der Waals surface area contributed by atoms with E-state index in [4.69, 9.17) is 27.9 Å². The standard InChI is InChI=1S/C14H19Cl2NO/c15-12-4-5-14(16)11(9-12)10-18-8-6-13-3-1-2-7-17-13/h4-5,9,13,17H,1-3,6-8,10H2. The van der Waals surface area contributed by atoms with Gasteiger partial charge in [0.15, 0.2) is 0 Å². The van der Waals surface area contributed by atoms with Crippen LogP contribution in [0.2, 0.25) is 10.0 Å². The summed E-state index contributed by atoms with van der Waals surface area (Å²) in [5.41, 5.74) is 0.959. The molecule has 1 unspecified atom stereocenters. The normalized spacial score (nSPS) is 20.0. The van der Waals surface area contributed by atoms with E-state index in [1.54, 1.807) is 6.07 Å². The summed E-state index contributed by atoms with van der Waals surface area (Å²) in [5, 5.41) is 4.93. The van der Waals surface area contributed by atoms with Crippen molar-refractivity contribution in [1.29, 1.82) is 0 Å². The molecule has 0 amide bonds. The number of rotatable bonds is 5. The van der Waals surface area contributed by atoms with Crippen LogP contribution in [0.1, 0.15) is 31.2 Å². The molecule has 1 N–H and O–H groups in total. The first-order valence-electron chi connectivity index (χ1n) is 6.51. The van der Waals surface area contributed by atoms with Gasteiger partial charge >= 0.3 is 0 Å². The molecule has 1 atom stereocenters. The topological polar surface area (TPSA) is 21.3 Å². The van der Waals surface area contributed by atoms with Crippen LogP contribution in [0.25, 0.3) is 0 Å². The van der Waals surface area contributed by atoms with Gasteiger partial charge in [-0.1, -0.05) is 29.6 Å². The molecule has 1 heterocycles. The number of nitrogens with one attached hydrogen (secondary N) is 1. The third-order valence-electron chi connectivity index (χ3n) is 3.29. The molecule has 2 rings (SSSR count). The Balaban J connectivity index is 1.69. The average molecular weight is 288 g/mol. The third-order valence-corrected chi connectivity index (χ3v) is 3.89. The van der Waals surface area contributed by atoms with Gasteiger partial charge in [0.05, 0.1) is 6.61 Å². The van der Waals surface area contributed by atoms with E-state index in [0.29, 0.717) is 17.7 Å². The van der Waals surface area contributed by atoms with Gasteiger partial charge < -0.3 is 10.1 Å². The first-order valence-corrected chi connectivity index (χ1v) is 7.26. The number of halogens is 2. The molecule has 18 heavy (non-hydrogen) atoms. The second kappa shape index (κ2) is 7.34. The molecule has 1 fully saturated rings. The average Bonchev–Trinajstić information content (AvgIpc) is 2.40. The van der Waals surface area contributed by atoms with E-state index in [1.165, 1.54) is 19.3 Å². The quantitative estimate of drug-likeness (QED) is 0.826. The fourth-order valence-electron chi connectivity index (χ4n) is 2.23. The molecule has 2 nitrogen and oxygen atoms in total. The van der Waals surface area contributed by atoms with Crippen molar-refractivity contribution in [3.8, 4) is 0 Å². The molecule has 1 aliphatic heterocycles. The summed E-state index contributed by atoms with van der Waals surface area (Å²) < 4.78 is 5.68. The van der Waals surface area contributed by atoms with Crippen molar-refractivity contribution in [3.05, 3.63) is 33.8 Å². The van der Waals surface area contributed by atoms with Gasteiger partial charge in [0.2, 0.25) is 0 Å². The lowest BCUT2D eigenvalue weighted by Crippen LogP contribution is -2.34. The van der Waals surface area contributed by atoms with Gasteiger partial charge in [0.25, 0.3) is 0 Å². The molecule has 1 aliphatic rings. The predicted molar refractivity (Wildman–Crippen MR) is 76.4 cm³/mol. The molecule has 0 bridgehead atoms. The van der Waals surface area contributed by atoms with Crippen LogP contribution < -0.4 is 5.32 Å². The van der Waals surface area contributed by atoms with Crippen LogP contribution in [0.3, 0.4) is 0 Å². The largest absolute Gasteiger partial charge is 0.377 e. The zero-order chi connectivity index (χ0) is 12.8. The summed E-state index contributed by atoms with van der Waals surface area (Å²) in [4.78, 5) is 0. The molecular formula is C14H19Cl2NO. The van der Waals surface area contributed by atoms with Crippen LogP contribution >= 0.6 is 23.2 Å². The van der Waals surface area contributed by atoms with Gasteiger partial charge in [-0.05, 0) is 49.6 Å². The molecule has 1 saturated heterocycles. The lowest BCUT2D eigenvalue weighted by atomic mass is 10.0. The Hall–Kier alpha value is -0.280. The van der Waals surface area contributed by atoms with Gasteiger partial charge in [-0.3, -0.25) is 0 Å². The Kier molecular flexibility index (Phi) is 5.77. The summed E-state index contributed by atoms with van der Waals surface area (Å²) in [6.07, 6.45) is 4.97. The van der Waals surface area contributed by atoms with Gasteiger partial charge in [-0.15, -0.1) is 0 Å². The molecule has 100 valence electrons. The zero-order valence-corrected chi connectivity index (χ0v) is 11.9. The Morgan fingerprint density at radius 3 is 2.94 bits per heavy atom. The van der Waals surface area contributed by atoms with Crippen molar-refractivity contribution >= 4 is 23.2 Å². The first kappa shape index (κ1) is 14.1. The fourth-order valence-corrected chi connectivity index (χ4v) is 2.60. The molecule has 0 radical (unpaired) electrons. The van der Waals surface area contributed by atoms with E-state index in [2.05, 4.69) is 5.32 Å². The molecule has 0 spiro atoms. The lowest BCUT2D eigenvalue weighted by molar-refractivity contribution is 0.108. The maximum atomic E-state index is 6.07. The lowest BCUT2D eigenvalue weighted by Gasteiger charge is -2.23. The highest BCUT2D eigenvalue weighted by molar-refractivity contribution is 6.33. The number of ether oxygens (including phenoxy) is 1. The summed E-state index contributed by atoms with van der Waals surface area (Å²) in [7, 11) is 0. The first-order chi connectivity index (χ1) is 8.75. The molecule has 1 aromatic rings. The molecular weight excluding hydrogens is 269 g/mol. The van der Waals surface area contributed by atoms with Gasteiger partial charge in [0, 0.05) is 22.7 Å². The Morgan fingerprint density at radius 2 is 2.17 bits per heavy atom. The number of hydrogen-bond donors (Lipinski definition) is 1. The van der Waals surface area contributed by atoms with Crippen molar-refractivity contribution in [2.24, 2.45) is 0 Å². The summed E-state index contributed by atoms with van der Waals surface area (Å²) >= 11 is 12.0. The fraction of sp³-hybridized carbons (Fsp3) is 0.571. The van der Waals surface area contributed by atoms with Gasteiger partial charge in [0.1, 0.15) is 0 Å². The molecule has 0 aliphatic carbocycles. The van der Waals surface area contributed by atoms with Crippen LogP contribution in [0, 0.1) is 0 Å². The van der Waals surface area contributed by atoms with Gasteiger partial charge in [-0.2, -0.15) is 0 Å². The van der Waals surface area contributed by atoms with E-state index in [0.717, 1.165) is 30.2 Å². The predicted octanol–water partition coefficient (Wildman–Crippen LogP) is 4.04. The summed E-state index contributed by atoms with van der Waals surface area (Å²) in [6, 6.07) is 6.08. The van der Waals surface area contributed by atoms with Crippen molar-refractivity contribution in [3.63, 3.8) is 0 Å². The summed E-state index contributed by atoms with van der Waals surface area (Å²) in [6.45, 7) is 2.44. The van der Waals surface area contributed by atoms with Crippen LogP contribution in [0.4, 0.5) is 0 Å². The third kappa shape index (κ3) is 4.43. The van der Waals surface area contributed by atoms with Crippen molar-refractivity contribution < 1.29 is 4.74 Å². The minimum Gasteiger partial charge on any atom is -0.377 e. The molecule has 1 aromatic carbocycles. The molecule has 0 aromatic heterocycles. The van der Waals surface area contributed by atoms with Crippen LogP contribution in [0.15, 0.2) is 18.2 Å². The van der Waals surface area contributed by atoms with E-state index < -0.39 is 0 Å². The maximum absolute atomic E-state index is 6.07. The monoisotopic (exact) mass is 287 g/mol. The number of hydrogen-bond acceptors (Lipinski definition) is 2. The number of piperidine rings is 1. The van der Waals surface area contributed by atoms with E-state index in [-0.39, 0.29) is 0 Å². The minimum atomic E-state index is 0.534. The summed E-state index contributed by atoms with van der Waals surface area (Å²) in [5.74, 6) is 0. The smallest absolute Gasteiger partial charge is 0.0731 e. The van der Waals surface area contributed by atoms with Crippen LogP contribution in [0.5, 0.6) is 0 Å². The Bertz CT molecular complexity index is 378. The minimum absolute atomic E-state index is 0.534. The van der Waals surface area contributed by atoms with Crippen molar-refractivity contribution in [2.45, 2.75) is 38.3 Å². The highest BCUT2D eigenvalue weighted by Crippen LogP contribution is 2.21. The van der Waals surface area contributed by atoms with Gasteiger partial charge in [-0.25, -0.2) is 0 Å². The second-order valence-corrected chi connectivity index (χ2v) is 5.57. The van der Waals surface area contributed by atoms with E-state index >= 15 is 0 Å². The highest BCUT2D eigenvalue weighted by Gasteiger charge is 2.11. The Labute approximate surface area is 119 Å². The highest BCUT2D eigenvalue weighted by atomic mass is 35.5. The Morgan fingerprint density at radius 1 is 1.28 bits per heavy atom.